The van der Waals surface area contributed by atoms with Crippen molar-refractivity contribution in [2.75, 3.05) is 13.1 Å². The predicted molar refractivity (Wildman–Crippen MR) is 96.8 cm³/mol. The van der Waals surface area contributed by atoms with Gasteiger partial charge in [0, 0.05) is 32.5 Å². The number of hydrogen-bond donors (Lipinski definition) is 1. The van der Waals surface area contributed by atoms with Crippen LogP contribution in [0.2, 0.25) is 0 Å². The number of likely N-dealkylation sites (tertiary alicyclic amines) is 1. The summed E-state index contributed by atoms with van der Waals surface area (Å²) in [5.41, 5.74) is 0.513. The van der Waals surface area contributed by atoms with E-state index >= 15 is 0 Å². The van der Waals surface area contributed by atoms with Crippen LogP contribution in [0.5, 0.6) is 0 Å². The molecule has 1 aliphatic heterocycles. The molecule has 7 heteroatoms. The highest BCUT2D eigenvalue weighted by molar-refractivity contribution is 5.77. The average Bonchev–Trinajstić information content (AvgIpc) is 2.66. The van der Waals surface area contributed by atoms with Crippen LogP contribution >= 0.6 is 0 Å². The van der Waals surface area contributed by atoms with Gasteiger partial charge in [0.15, 0.2) is 0 Å². The zero-order valence-electron chi connectivity index (χ0n) is 14.6. The first kappa shape index (κ1) is 18.1. The van der Waals surface area contributed by atoms with Crippen molar-refractivity contribution in [1.82, 2.24) is 14.5 Å². The molecule has 7 nitrogen and oxygen atoms in total. The molecule has 1 aliphatic rings. The molecule has 1 fully saturated rings. The molecule has 26 heavy (non-hydrogen) atoms. The zero-order valence-corrected chi connectivity index (χ0v) is 14.6. The minimum absolute atomic E-state index is 0.00471. The van der Waals surface area contributed by atoms with E-state index in [2.05, 4.69) is 4.98 Å². The number of rotatable bonds is 6. The van der Waals surface area contributed by atoms with Gasteiger partial charge in [-0.1, -0.05) is 12.1 Å². The number of amides is 1. The summed E-state index contributed by atoms with van der Waals surface area (Å²) in [6, 6.07) is 7.16. The minimum atomic E-state index is -0.795. The van der Waals surface area contributed by atoms with Crippen molar-refractivity contribution in [3.05, 3.63) is 40.9 Å². The van der Waals surface area contributed by atoms with Gasteiger partial charge in [-0.3, -0.25) is 19.0 Å². The fraction of sp³-hybridized carbons (Fsp3) is 0.474. The predicted octanol–water partition coefficient (Wildman–Crippen LogP) is 1.89. The van der Waals surface area contributed by atoms with Gasteiger partial charge < -0.3 is 10.0 Å². The van der Waals surface area contributed by atoms with Crippen LogP contribution in [-0.4, -0.2) is 44.5 Å². The number of para-hydroxylation sites is 1. The number of hydrogen-bond acceptors (Lipinski definition) is 4. The number of carbonyl (C=O) groups excluding carboxylic acids is 1. The van der Waals surface area contributed by atoms with Crippen LogP contribution < -0.4 is 5.56 Å². The molecule has 0 spiro atoms. The van der Waals surface area contributed by atoms with E-state index in [9.17, 15) is 14.4 Å². The molecular weight excluding hydrogens is 334 g/mol. The van der Waals surface area contributed by atoms with E-state index in [4.69, 9.17) is 5.11 Å². The van der Waals surface area contributed by atoms with Crippen molar-refractivity contribution in [3.8, 4) is 0 Å². The highest BCUT2D eigenvalue weighted by Crippen LogP contribution is 2.21. The van der Waals surface area contributed by atoms with E-state index in [-0.39, 0.29) is 30.2 Å². The molecular formula is C19H23N3O4. The van der Waals surface area contributed by atoms with Crippen LogP contribution in [0.1, 0.15) is 32.1 Å². The summed E-state index contributed by atoms with van der Waals surface area (Å²) in [6.45, 7) is 1.61. The molecule has 1 aromatic carbocycles. The monoisotopic (exact) mass is 357 g/mol. The van der Waals surface area contributed by atoms with Crippen LogP contribution in [0.15, 0.2) is 35.4 Å². The fourth-order valence-electron chi connectivity index (χ4n) is 3.49. The van der Waals surface area contributed by atoms with Gasteiger partial charge in [-0.25, -0.2) is 4.98 Å². The summed E-state index contributed by atoms with van der Waals surface area (Å²) in [6.07, 6.45) is 4.34. The molecule has 0 radical (unpaired) electrons. The maximum Gasteiger partial charge on any atom is 0.303 e. The Morgan fingerprint density at radius 3 is 2.85 bits per heavy atom. The third-order valence-electron chi connectivity index (χ3n) is 4.94. The van der Waals surface area contributed by atoms with Gasteiger partial charge >= 0.3 is 5.97 Å². The summed E-state index contributed by atoms with van der Waals surface area (Å²) < 4.78 is 1.48. The van der Waals surface area contributed by atoms with E-state index in [1.807, 2.05) is 6.07 Å². The largest absolute Gasteiger partial charge is 0.481 e. The van der Waals surface area contributed by atoms with Gasteiger partial charge in [-0.15, -0.1) is 0 Å². The molecule has 138 valence electrons. The minimum Gasteiger partial charge on any atom is -0.481 e. The molecule has 0 saturated carbocycles. The van der Waals surface area contributed by atoms with Gasteiger partial charge in [-0.2, -0.15) is 0 Å². The Bertz CT molecular complexity index is 861. The molecule has 2 aromatic rings. The molecule has 1 saturated heterocycles. The Labute approximate surface area is 151 Å². The second-order valence-corrected chi connectivity index (χ2v) is 6.79. The van der Waals surface area contributed by atoms with Gasteiger partial charge in [0.2, 0.25) is 5.91 Å². The zero-order chi connectivity index (χ0) is 18.5. The number of aryl methyl sites for hydroxylation is 1. The van der Waals surface area contributed by atoms with Gasteiger partial charge in [0.05, 0.1) is 17.2 Å². The van der Waals surface area contributed by atoms with Crippen LogP contribution in [0.3, 0.4) is 0 Å². The molecule has 1 unspecified atom stereocenters. The maximum atomic E-state index is 12.5. The third kappa shape index (κ3) is 4.28. The number of nitrogens with zero attached hydrogens (tertiary/aromatic N) is 3. The highest BCUT2D eigenvalue weighted by Gasteiger charge is 2.23. The first-order valence-electron chi connectivity index (χ1n) is 8.98. The second-order valence-electron chi connectivity index (χ2n) is 6.79. The lowest BCUT2D eigenvalue weighted by Gasteiger charge is -2.32. The number of aliphatic carboxylic acids is 1. The molecule has 0 bridgehead atoms. The van der Waals surface area contributed by atoms with Gasteiger partial charge in [0.25, 0.3) is 5.56 Å². The van der Waals surface area contributed by atoms with Crippen molar-refractivity contribution in [2.45, 2.75) is 38.6 Å². The van der Waals surface area contributed by atoms with E-state index in [0.717, 1.165) is 12.8 Å². The van der Waals surface area contributed by atoms with Gasteiger partial charge in [0.1, 0.15) is 0 Å². The Hall–Kier alpha value is -2.70. The van der Waals surface area contributed by atoms with E-state index in [1.54, 1.807) is 23.1 Å². The molecule has 1 N–H and O–H groups in total. The number of carbonyl (C=O) groups is 2. The van der Waals surface area contributed by atoms with Crippen LogP contribution in [-0.2, 0) is 16.1 Å². The molecule has 1 atom stereocenters. The molecule has 3 rings (SSSR count). The van der Waals surface area contributed by atoms with Crippen LogP contribution in [0, 0.1) is 5.92 Å². The smallest absolute Gasteiger partial charge is 0.303 e. The maximum absolute atomic E-state index is 12.5. The van der Waals surface area contributed by atoms with Crippen molar-refractivity contribution in [1.29, 1.82) is 0 Å². The SMILES string of the molecule is O=C(O)CCC1CCCN(C(=O)CCn2cnc3ccccc3c2=O)C1. The van der Waals surface area contributed by atoms with Crippen LogP contribution in [0.25, 0.3) is 10.9 Å². The highest BCUT2D eigenvalue weighted by atomic mass is 16.4. The first-order chi connectivity index (χ1) is 12.5. The Balaban J connectivity index is 1.59. The molecule has 1 amide bonds. The standard InChI is InChI=1S/C19H23N3O4/c23-17(21-10-3-4-14(12-21)7-8-18(24)25)9-11-22-13-20-16-6-2-1-5-15(16)19(22)26/h1-2,5-6,13-14H,3-4,7-12H2,(H,24,25). The fourth-order valence-corrected chi connectivity index (χ4v) is 3.49. The summed E-state index contributed by atoms with van der Waals surface area (Å²) in [4.78, 5) is 41.8. The molecule has 1 aromatic heterocycles. The van der Waals surface area contributed by atoms with Crippen molar-refractivity contribution >= 4 is 22.8 Å². The average molecular weight is 357 g/mol. The number of carboxylic acid groups (broad SMARTS) is 1. The summed E-state index contributed by atoms with van der Waals surface area (Å²) in [7, 11) is 0. The van der Waals surface area contributed by atoms with Crippen molar-refractivity contribution in [3.63, 3.8) is 0 Å². The quantitative estimate of drug-likeness (QED) is 0.852. The number of carboxylic acids is 1. The lowest BCUT2D eigenvalue weighted by Crippen LogP contribution is -2.40. The number of benzene rings is 1. The normalized spacial score (nSPS) is 17.4. The summed E-state index contributed by atoms with van der Waals surface area (Å²) >= 11 is 0. The lowest BCUT2D eigenvalue weighted by molar-refractivity contribution is -0.137. The molecule has 0 aliphatic carbocycles. The van der Waals surface area contributed by atoms with Crippen molar-refractivity contribution in [2.24, 2.45) is 5.92 Å². The van der Waals surface area contributed by atoms with E-state index in [0.29, 0.717) is 37.0 Å². The van der Waals surface area contributed by atoms with Crippen molar-refractivity contribution < 1.29 is 14.7 Å². The Morgan fingerprint density at radius 1 is 1.23 bits per heavy atom. The first-order valence-corrected chi connectivity index (χ1v) is 8.98. The number of aromatic nitrogens is 2. The summed E-state index contributed by atoms with van der Waals surface area (Å²) in [5, 5.41) is 9.36. The Kier molecular flexibility index (Phi) is 5.65. The third-order valence-corrected chi connectivity index (χ3v) is 4.94. The summed E-state index contributed by atoms with van der Waals surface area (Å²) in [5.74, 6) is -0.546. The number of fused-ring (bicyclic) bond motifs is 1. The molecule has 2 heterocycles. The number of piperidine rings is 1. The van der Waals surface area contributed by atoms with Gasteiger partial charge in [-0.05, 0) is 37.3 Å². The topological polar surface area (TPSA) is 92.5 Å². The van der Waals surface area contributed by atoms with Crippen LogP contribution in [0.4, 0.5) is 0 Å². The van der Waals surface area contributed by atoms with E-state index < -0.39 is 5.97 Å². The lowest BCUT2D eigenvalue weighted by atomic mass is 9.93. The Morgan fingerprint density at radius 2 is 2.04 bits per heavy atom. The second kappa shape index (κ2) is 8.12. The van der Waals surface area contributed by atoms with E-state index in [1.165, 1.54) is 10.9 Å².